The van der Waals surface area contributed by atoms with E-state index < -0.39 is 6.61 Å². The third-order valence-corrected chi connectivity index (χ3v) is 7.28. The van der Waals surface area contributed by atoms with Crippen molar-refractivity contribution in [2.45, 2.75) is 38.8 Å². The van der Waals surface area contributed by atoms with Crippen molar-refractivity contribution in [3.63, 3.8) is 0 Å². The first-order chi connectivity index (χ1) is 19.8. The van der Waals surface area contributed by atoms with Gasteiger partial charge in [0.2, 0.25) is 0 Å². The summed E-state index contributed by atoms with van der Waals surface area (Å²) in [5.41, 5.74) is 5.66. The smallest absolute Gasteiger partial charge is 0.387 e. The van der Waals surface area contributed by atoms with Gasteiger partial charge in [0.05, 0.1) is 20.1 Å². The Morgan fingerprint density at radius 1 is 1.10 bits per heavy atom. The minimum absolute atomic E-state index is 0.00544. The number of hydrogen-bond donors (Lipinski definition) is 0. The van der Waals surface area contributed by atoms with Crippen LogP contribution in [0.5, 0.6) is 11.5 Å². The lowest BCUT2D eigenvalue weighted by Crippen LogP contribution is -2.36. The van der Waals surface area contributed by atoms with Gasteiger partial charge in [-0.05, 0) is 72.0 Å². The van der Waals surface area contributed by atoms with Crippen LogP contribution in [0.15, 0.2) is 54.6 Å². The molecule has 0 saturated heterocycles. The number of alkyl halides is 2. The Morgan fingerprint density at radius 2 is 1.88 bits per heavy atom. The highest BCUT2D eigenvalue weighted by molar-refractivity contribution is 5.94. The molecule has 0 fully saturated rings. The fourth-order valence-corrected chi connectivity index (χ4v) is 5.43. The van der Waals surface area contributed by atoms with Gasteiger partial charge in [0.1, 0.15) is 22.5 Å². The molecular weight excluding hydrogens is 534 g/mol. The first kappa shape index (κ1) is 28.0. The number of ether oxygens (including phenoxy) is 3. The van der Waals surface area contributed by atoms with Crippen molar-refractivity contribution in [3.8, 4) is 11.5 Å². The molecule has 5 rings (SSSR count). The summed E-state index contributed by atoms with van der Waals surface area (Å²) in [5.74, 6) is -0.265. The molecule has 4 aromatic rings. The maximum atomic E-state index is 13.2. The Morgan fingerprint density at radius 3 is 2.59 bits per heavy atom. The zero-order valence-electron chi connectivity index (χ0n) is 23.0. The van der Waals surface area contributed by atoms with Crippen LogP contribution in [-0.2, 0) is 29.5 Å². The zero-order valence-corrected chi connectivity index (χ0v) is 23.0. The van der Waals surface area contributed by atoms with Gasteiger partial charge in [0.25, 0.3) is 5.91 Å². The summed E-state index contributed by atoms with van der Waals surface area (Å²) >= 11 is 0. The summed E-state index contributed by atoms with van der Waals surface area (Å²) in [4.78, 5) is 27.8. The minimum atomic E-state index is -2.93. The van der Waals surface area contributed by atoms with E-state index in [-0.39, 0.29) is 36.6 Å². The van der Waals surface area contributed by atoms with Crippen LogP contribution in [0, 0.1) is 0 Å². The zero-order chi connectivity index (χ0) is 29.1. The van der Waals surface area contributed by atoms with Crippen LogP contribution in [0.25, 0.3) is 11.0 Å². The van der Waals surface area contributed by atoms with Crippen molar-refractivity contribution >= 4 is 22.9 Å². The lowest BCUT2D eigenvalue weighted by atomic mass is 9.82. The SMILES string of the molecule is CCOC(=O)C[C@H](c1cc(OC)c2c(c1)nnn2C)c1cccc2c1CCN(C(=O)c1ccc(OC(F)F)cc1)C2. The van der Waals surface area contributed by atoms with Gasteiger partial charge in [-0.1, -0.05) is 23.4 Å². The van der Waals surface area contributed by atoms with Crippen LogP contribution in [0.2, 0.25) is 0 Å². The fraction of sp³-hybridized carbons (Fsp3) is 0.333. The summed E-state index contributed by atoms with van der Waals surface area (Å²) in [5, 5.41) is 8.39. The van der Waals surface area contributed by atoms with Crippen molar-refractivity contribution in [2.24, 2.45) is 7.05 Å². The van der Waals surface area contributed by atoms with Crippen molar-refractivity contribution in [2.75, 3.05) is 20.3 Å². The maximum absolute atomic E-state index is 13.2. The molecule has 1 atom stereocenters. The Hall–Kier alpha value is -4.54. The number of amides is 1. The van der Waals surface area contributed by atoms with E-state index in [2.05, 4.69) is 15.0 Å². The van der Waals surface area contributed by atoms with Crippen LogP contribution < -0.4 is 9.47 Å². The van der Waals surface area contributed by atoms with Gasteiger partial charge in [-0.2, -0.15) is 8.78 Å². The molecule has 2 heterocycles. The number of carbonyl (C=O) groups excluding carboxylic acids is 2. The summed E-state index contributed by atoms with van der Waals surface area (Å²) in [6.45, 7) is -0.0541. The Labute approximate surface area is 235 Å². The van der Waals surface area contributed by atoms with Gasteiger partial charge in [-0.15, -0.1) is 5.10 Å². The summed E-state index contributed by atoms with van der Waals surface area (Å²) in [6.07, 6.45) is 0.697. The number of esters is 1. The Balaban J connectivity index is 1.47. The van der Waals surface area contributed by atoms with Gasteiger partial charge < -0.3 is 19.1 Å². The molecule has 0 bridgehead atoms. The van der Waals surface area contributed by atoms with E-state index in [1.54, 1.807) is 30.7 Å². The van der Waals surface area contributed by atoms with Gasteiger partial charge >= 0.3 is 12.6 Å². The molecule has 9 nitrogen and oxygen atoms in total. The summed E-state index contributed by atoms with van der Waals surface area (Å²) in [6, 6.07) is 15.4. The number of aryl methyl sites for hydroxylation is 1. The molecule has 0 aliphatic carbocycles. The maximum Gasteiger partial charge on any atom is 0.387 e. The quantitative estimate of drug-likeness (QED) is 0.268. The highest BCUT2D eigenvalue weighted by atomic mass is 19.3. The van der Waals surface area contributed by atoms with Crippen LogP contribution in [-0.4, -0.2) is 58.6 Å². The molecule has 0 unspecified atom stereocenters. The molecule has 41 heavy (non-hydrogen) atoms. The number of halogens is 2. The highest BCUT2D eigenvalue weighted by Crippen LogP contribution is 2.38. The first-order valence-electron chi connectivity index (χ1n) is 13.3. The molecule has 11 heteroatoms. The van der Waals surface area contributed by atoms with Crippen LogP contribution in [0.3, 0.4) is 0 Å². The number of carbonyl (C=O) groups is 2. The second kappa shape index (κ2) is 11.9. The summed E-state index contributed by atoms with van der Waals surface area (Å²) in [7, 11) is 3.38. The highest BCUT2D eigenvalue weighted by Gasteiger charge is 2.29. The van der Waals surface area contributed by atoms with E-state index >= 15 is 0 Å². The molecule has 3 aromatic carbocycles. The first-order valence-corrected chi connectivity index (χ1v) is 13.3. The van der Waals surface area contributed by atoms with Crippen molar-refractivity contribution in [1.82, 2.24) is 19.9 Å². The number of benzene rings is 3. The van der Waals surface area contributed by atoms with Gasteiger partial charge in [-0.3, -0.25) is 9.59 Å². The topological polar surface area (TPSA) is 95.8 Å². The molecule has 1 aliphatic heterocycles. The van der Waals surface area contributed by atoms with Crippen LogP contribution >= 0.6 is 0 Å². The van der Waals surface area contributed by atoms with Crippen molar-refractivity contribution < 1.29 is 32.6 Å². The predicted octanol–water partition coefficient (Wildman–Crippen LogP) is 4.86. The monoisotopic (exact) mass is 564 g/mol. The van der Waals surface area contributed by atoms with Crippen molar-refractivity contribution in [1.29, 1.82) is 0 Å². The third-order valence-electron chi connectivity index (χ3n) is 7.28. The number of hydrogen-bond acceptors (Lipinski definition) is 7. The molecule has 0 spiro atoms. The van der Waals surface area contributed by atoms with E-state index in [0.717, 1.165) is 27.8 Å². The number of rotatable bonds is 9. The molecule has 0 N–H and O–H groups in total. The Kier molecular flexibility index (Phi) is 8.14. The second-order valence-corrected chi connectivity index (χ2v) is 9.73. The van der Waals surface area contributed by atoms with Gasteiger partial charge in [0, 0.05) is 31.6 Å². The van der Waals surface area contributed by atoms with E-state index in [1.165, 1.54) is 24.3 Å². The molecule has 1 amide bonds. The van der Waals surface area contributed by atoms with E-state index in [9.17, 15) is 18.4 Å². The van der Waals surface area contributed by atoms with E-state index in [0.29, 0.717) is 36.3 Å². The van der Waals surface area contributed by atoms with Gasteiger partial charge in [-0.25, -0.2) is 4.68 Å². The molecule has 1 aliphatic rings. The number of aromatic nitrogens is 3. The second-order valence-electron chi connectivity index (χ2n) is 9.73. The van der Waals surface area contributed by atoms with Crippen LogP contribution in [0.1, 0.15) is 51.9 Å². The fourth-order valence-electron chi connectivity index (χ4n) is 5.43. The largest absolute Gasteiger partial charge is 0.494 e. The molecule has 214 valence electrons. The third kappa shape index (κ3) is 5.84. The predicted molar refractivity (Wildman–Crippen MR) is 146 cm³/mol. The van der Waals surface area contributed by atoms with Crippen LogP contribution in [0.4, 0.5) is 8.78 Å². The molecule has 1 aromatic heterocycles. The summed E-state index contributed by atoms with van der Waals surface area (Å²) < 4.78 is 42.0. The average Bonchev–Trinajstić information content (AvgIpc) is 3.35. The Bertz CT molecular complexity index is 1570. The molecule has 0 radical (unpaired) electrons. The van der Waals surface area contributed by atoms with Crippen molar-refractivity contribution in [3.05, 3.63) is 82.4 Å². The lowest BCUT2D eigenvalue weighted by molar-refractivity contribution is -0.143. The molecular formula is C30H30F2N4O5. The number of methoxy groups -OCH3 is 1. The van der Waals surface area contributed by atoms with Gasteiger partial charge in [0.15, 0.2) is 0 Å². The lowest BCUT2D eigenvalue weighted by Gasteiger charge is -2.32. The molecule has 0 saturated carbocycles. The average molecular weight is 565 g/mol. The van der Waals surface area contributed by atoms with E-state index in [4.69, 9.17) is 9.47 Å². The number of fused-ring (bicyclic) bond motifs is 2. The minimum Gasteiger partial charge on any atom is -0.494 e. The van der Waals surface area contributed by atoms with E-state index in [1.807, 2.05) is 30.3 Å². The number of nitrogens with zero attached hydrogens (tertiary/aromatic N) is 4. The normalized spacial score (nSPS) is 13.7. The standard InChI is InChI=1S/C30H30F2N4O5/c1-4-40-27(37)16-24(20-14-25-28(26(15-20)39-3)35(2)34-33-25)23-7-5-6-19-17-36(13-12-22(19)23)29(38)18-8-10-21(11-9-18)41-30(31)32/h5-11,14-15,24,30H,4,12-13,16-17H2,1-3H3/t24-/m1/s1.